The summed E-state index contributed by atoms with van der Waals surface area (Å²) < 4.78 is 5.72. The van der Waals surface area contributed by atoms with Crippen molar-refractivity contribution < 1.29 is 4.74 Å². The molecule has 1 aromatic rings. The molecule has 112 valence electrons. The van der Waals surface area contributed by atoms with Crippen LogP contribution in [0.5, 0.6) is 0 Å². The Morgan fingerprint density at radius 3 is 2.90 bits per heavy atom. The highest BCUT2D eigenvalue weighted by atomic mass is 16.5. The summed E-state index contributed by atoms with van der Waals surface area (Å²) >= 11 is 0. The van der Waals surface area contributed by atoms with Crippen molar-refractivity contribution in [3.63, 3.8) is 0 Å². The zero-order chi connectivity index (χ0) is 14.4. The Balaban J connectivity index is 1.92. The lowest BCUT2D eigenvalue weighted by Gasteiger charge is -2.25. The van der Waals surface area contributed by atoms with E-state index in [9.17, 15) is 0 Å². The van der Waals surface area contributed by atoms with Crippen LogP contribution >= 0.6 is 0 Å². The van der Waals surface area contributed by atoms with Gasteiger partial charge in [-0.15, -0.1) is 0 Å². The Labute approximate surface area is 122 Å². The first kappa shape index (κ1) is 15.4. The van der Waals surface area contributed by atoms with Crippen LogP contribution in [0.15, 0.2) is 18.3 Å². The first-order chi connectivity index (χ1) is 9.67. The largest absolute Gasteiger partial charge is 0.380 e. The summed E-state index contributed by atoms with van der Waals surface area (Å²) in [4.78, 5) is 9.28. The molecule has 1 aliphatic heterocycles. The molecule has 4 heteroatoms. The molecule has 2 rings (SSSR count). The van der Waals surface area contributed by atoms with Gasteiger partial charge in [-0.3, -0.25) is 9.88 Å². The zero-order valence-electron chi connectivity index (χ0n) is 13.0. The molecule has 1 aliphatic rings. The zero-order valence-corrected chi connectivity index (χ0v) is 13.0. The van der Waals surface area contributed by atoms with Crippen LogP contribution in [0.1, 0.15) is 18.2 Å². The number of nitrogens with zero attached hydrogens (tertiary/aromatic N) is 3. The number of rotatable bonds is 5. The number of aryl methyl sites for hydroxylation is 1. The lowest BCUT2D eigenvalue weighted by Crippen LogP contribution is -2.34. The molecule has 4 nitrogen and oxygen atoms in total. The quantitative estimate of drug-likeness (QED) is 0.818. The molecule has 1 atom stereocenters. The second-order valence-corrected chi connectivity index (χ2v) is 5.95. The van der Waals surface area contributed by atoms with Crippen molar-refractivity contribution in [3.05, 3.63) is 29.6 Å². The first-order valence-electron chi connectivity index (χ1n) is 7.56. The van der Waals surface area contributed by atoms with Crippen molar-refractivity contribution in [3.8, 4) is 0 Å². The molecular formula is C16H27N3O. The summed E-state index contributed by atoms with van der Waals surface area (Å²) in [6, 6.07) is 4.35. The minimum absolute atomic E-state index is 0.586. The smallest absolute Gasteiger partial charge is 0.0593 e. The normalized spacial score (nSPS) is 21.1. The summed E-state index contributed by atoms with van der Waals surface area (Å²) in [7, 11) is 4.25. The number of hydrogen-bond donors (Lipinski definition) is 0. The maximum atomic E-state index is 5.72. The molecule has 1 unspecified atom stereocenters. The van der Waals surface area contributed by atoms with Gasteiger partial charge in [0.2, 0.25) is 0 Å². The minimum Gasteiger partial charge on any atom is -0.380 e. The van der Waals surface area contributed by atoms with Gasteiger partial charge in [0, 0.05) is 38.3 Å². The van der Waals surface area contributed by atoms with Crippen LogP contribution in [0.2, 0.25) is 0 Å². The van der Waals surface area contributed by atoms with E-state index in [1.54, 1.807) is 0 Å². The van der Waals surface area contributed by atoms with Gasteiger partial charge in [-0.05, 0) is 32.1 Å². The molecule has 0 radical (unpaired) electrons. The predicted octanol–water partition coefficient (Wildman–Crippen LogP) is 1.65. The third-order valence-electron chi connectivity index (χ3n) is 3.72. The molecule has 2 heterocycles. The lowest BCUT2D eigenvalue weighted by molar-refractivity contribution is 0.112. The van der Waals surface area contributed by atoms with Gasteiger partial charge in [0.05, 0.1) is 18.9 Å². The molecule has 0 bridgehead atoms. The van der Waals surface area contributed by atoms with E-state index in [4.69, 9.17) is 4.74 Å². The van der Waals surface area contributed by atoms with E-state index in [0.29, 0.717) is 5.92 Å². The number of hydrogen-bond acceptors (Lipinski definition) is 4. The Hall–Kier alpha value is -0.970. The van der Waals surface area contributed by atoms with E-state index < -0.39 is 0 Å². The lowest BCUT2D eigenvalue weighted by atomic mass is 10.1. The van der Waals surface area contributed by atoms with Gasteiger partial charge >= 0.3 is 0 Å². The van der Waals surface area contributed by atoms with Crippen LogP contribution in [0.4, 0.5) is 0 Å². The molecule has 0 saturated carbocycles. The maximum Gasteiger partial charge on any atom is 0.0593 e. The summed E-state index contributed by atoms with van der Waals surface area (Å²) in [5.74, 6) is 0.586. The maximum absolute atomic E-state index is 5.72. The Morgan fingerprint density at radius 2 is 2.25 bits per heavy atom. The summed E-state index contributed by atoms with van der Waals surface area (Å²) in [5, 5.41) is 0. The van der Waals surface area contributed by atoms with E-state index in [1.165, 1.54) is 5.56 Å². The monoisotopic (exact) mass is 277 g/mol. The van der Waals surface area contributed by atoms with Crippen molar-refractivity contribution in [1.29, 1.82) is 0 Å². The van der Waals surface area contributed by atoms with Crippen LogP contribution in [-0.4, -0.2) is 61.7 Å². The first-order valence-corrected chi connectivity index (χ1v) is 7.56. The molecule has 0 N–H and O–H groups in total. The van der Waals surface area contributed by atoms with Gasteiger partial charge in [0.1, 0.15) is 0 Å². The fourth-order valence-corrected chi connectivity index (χ4v) is 2.71. The van der Waals surface area contributed by atoms with Crippen LogP contribution in [-0.2, 0) is 17.7 Å². The standard InChI is InChI=1S/C16H27N3O/c1-4-14-5-6-16(17-9-14)12-19-7-8-20-13-15(11-19)10-18(2)3/h5-6,9,15H,4,7-8,10-13H2,1-3H3. The Bertz CT molecular complexity index is 391. The van der Waals surface area contributed by atoms with Gasteiger partial charge in [0.25, 0.3) is 0 Å². The number of pyridine rings is 1. The van der Waals surface area contributed by atoms with E-state index in [-0.39, 0.29) is 0 Å². The fourth-order valence-electron chi connectivity index (χ4n) is 2.71. The van der Waals surface area contributed by atoms with Crippen molar-refractivity contribution in [2.75, 3.05) is 46.9 Å². The fraction of sp³-hybridized carbons (Fsp3) is 0.688. The predicted molar refractivity (Wildman–Crippen MR) is 81.8 cm³/mol. The van der Waals surface area contributed by atoms with E-state index in [1.807, 2.05) is 6.20 Å². The van der Waals surface area contributed by atoms with E-state index in [2.05, 4.69) is 47.9 Å². The van der Waals surface area contributed by atoms with Crippen LogP contribution in [0, 0.1) is 5.92 Å². The highest BCUT2D eigenvalue weighted by Gasteiger charge is 2.19. The highest BCUT2D eigenvalue weighted by Crippen LogP contribution is 2.11. The van der Waals surface area contributed by atoms with Crippen molar-refractivity contribution in [1.82, 2.24) is 14.8 Å². The SMILES string of the molecule is CCc1ccc(CN2CCOCC(CN(C)C)C2)nc1. The second-order valence-electron chi connectivity index (χ2n) is 5.95. The molecule has 0 aliphatic carbocycles. The van der Waals surface area contributed by atoms with Gasteiger partial charge < -0.3 is 9.64 Å². The van der Waals surface area contributed by atoms with Crippen molar-refractivity contribution in [2.45, 2.75) is 19.9 Å². The summed E-state index contributed by atoms with van der Waals surface area (Å²) in [6.07, 6.45) is 3.05. The molecule has 0 spiro atoms. The van der Waals surface area contributed by atoms with Crippen LogP contribution < -0.4 is 0 Å². The topological polar surface area (TPSA) is 28.6 Å². The van der Waals surface area contributed by atoms with Gasteiger partial charge in [-0.25, -0.2) is 0 Å². The van der Waals surface area contributed by atoms with Crippen LogP contribution in [0.3, 0.4) is 0 Å². The summed E-state index contributed by atoms with van der Waals surface area (Å²) in [6.45, 7) is 7.97. The van der Waals surface area contributed by atoms with Gasteiger partial charge in [-0.1, -0.05) is 13.0 Å². The Kier molecular flexibility index (Phi) is 5.95. The molecule has 0 amide bonds. The third-order valence-corrected chi connectivity index (χ3v) is 3.72. The minimum atomic E-state index is 0.586. The highest BCUT2D eigenvalue weighted by molar-refractivity contribution is 5.13. The molecular weight excluding hydrogens is 250 g/mol. The molecule has 1 aromatic heterocycles. The van der Waals surface area contributed by atoms with E-state index in [0.717, 1.165) is 51.5 Å². The third kappa shape index (κ3) is 4.85. The molecule has 1 fully saturated rings. The number of aromatic nitrogens is 1. The molecule has 1 saturated heterocycles. The molecule has 0 aromatic carbocycles. The van der Waals surface area contributed by atoms with Gasteiger partial charge in [-0.2, -0.15) is 0 Å². The summed E-state index contributed by atoms with van der Waals surface area (Å²) in [5.41, 5.74) is 2.46. The second kappa shape index (κ2) is 7.72. The van der Waals surface area contributed by atoms with Gasteiger partial charge in [0.15, 0.2) is 0 Å². The average Bonchev–Trinajstić information content (AvgIpc) is 2.64. The average molecular weight is 277 g/mol. The van der Waals surface area contributed by atoms with Crippen molar-refractivity contribution >= 4 is 0 Å². The molecule has 20 heavy (non-hydrogen) atoms. The van der Waals surface area contributed by atoms with Crippen LogP contribution in [0.25, 0.3) is 0 Å². The number of ether oxygens (including phenoxy) is 1. The van der Waals surface area contributed by atoms with E-state index >= 15 is 0 Å². The van der Waals surface area contributed by atoms with Crippen molar-refractivity contribution in [2.24, 2.45) is 5.92 Å². The Morgan fingerprint density at radius 1 is 1.40 bits per heavy atom.